The van der Waals surface area contributed by atoms with Gasteiger partial charge in [-0.1, -0.05) is 12.8 Å². The Morgan fingerprint density at radius 3 is 2.29 bits per heavy atom. The summed E-state index contributed by atoms with van der Waals surface area (Å²) in [7, 11) is 0. The number of carbonyl (C=O) groups excluding carboxylic acids is 1. The minimum Gasteiger partial charge on any atom is -0.342 e. The summed E-state index contributed by atoms with van der Waals surface area (Å²) in [6.45, 7) is 6.49. The van der Waals surface area contributed by atoms with Crippen LogP contribution in [0.25, 0.3) is 0 Å². The summed E-state index contributed by atoms with van der Waals surface area (Å²) >= 11 is 0. The molecule has 24 heavy (non-hydrogen) atoms. The van der Waals surface area contributed by atoms with Crippen molar-refractivity contribution in [1.82, 2.24) is 9.80 Å². The third-order valence-electron chi connectivity index (χ3n) is 6.22. The van der Waals surface area contributed by atoms with Crippen LogP contribution in [0.3, 0.4) is 0 Å². The molecule has 0 aromatic rings. The zero-order valence-electron chi connectivity index (χ0n) is 15.0. The molecular weight excluding hydrogens is 345 g/mol. The first-order valence-corrected chi connectivity index (χ1v) is 9.40. The lowest BCUT2D eigenvalue weighted by Crippen LogP contribution is -2.54. The van der Waals surface area contributed by atoms with E-state index in [1.165, 1.54) is 38.8 Å². The summed E-state index contributed by atoms with van der Waals surface area (Å²) in [5, 5.41) is 0. The Kier molecular flexibility index (Phi) is 8.81. The average Bonchev–Trinajstić information content (AvgIpc) is 2.91. The zero-order valence-corrected chi connectivity index (χ0v) is 16.7. The van der Waals surface area contributed by atoms with Gasteiger partial charge in [0.05, 0.1) is 5.92 Å². The maximum atomic E-state index is 13.0. The Hall–Kier alpha value is -0.0300. The van der Waals surface area contributed by atoms with E-state index in [0.29, 0.717) is 11.9 Å². The lowest BCUT2D eigenvalue weighted by atomic mass is 9.74. The second-order valence-electron chi connectivity index (χ2n) is 7.96. The molecule has 1 saturated carbocycles. The molecule has 6 heteroatoms. The SMILES string of the molecule is CC1(N)CCCCC1C(=O)N1CCCC(N2CCCC2)CC1.Cl.Cl. The Labute approximate surface area is 159 Å². The number of likely N-dealkylation sites (tertiary alicyclic amines) is 2. The van der Waals surface area contributed by atoms with Crippen LogP contribution in [0.1, 0.15) is 64.7 Å². The molecule has 0 aromatic heterocycles. The molecule has 2 N–H and O–H groups in total. The summed E-state index contributed by atoms with van der Waals surface area (Å²) in [5.41, 5.74) is 6.14. The predicted octanol–water partition coefficient (Wildman–Crippen LogP) is 3.21. The number of amides is 1. The summed E-state index contributed by atoms with van der Waals surface area (Å²) < 4.78 is 0. The van der Waals surface area contributed by atoms with Crippen molar-refractivity contribution in [3.63, 3.8) is 0 Å². The first-order chi connectivity index (χ1) is 10.6. The maximum absolute atomic E-state index is 13.0. The molecule has 0 bridgehead atoms. The minimum absolute atomic E-state index is 0. The van der Waals surface area contributed by atoms with E-state index >= 15 is 0 Å². The van der Waals surface area contributed by atoms with E-state index in [-0.39, 0.29) is 36.3 Å². The molecule has 1 aliphatic carbocycles. The van der Waals surface area contributed by atoms with Crippen LogP contribution in [0.15, 0.2) is 0 Å². The van der Waals surface area contributed by atoms with Crippen molar-refractivity contribution in [3.8, 4) is 0 Å². The molecule has 2 aliphatic heterocycles. The van der Waals surface area contributed by atoms with E-state index < -0.39 is 0 Å². The number of nitrogens with two attached hydrogens (primary N) is 1. The van der Waals surface area contributed by atoms with E-state index in [0.717, 1.165) is 45.2 Å². The Morgan fingerprint density at radius 2 is 1.62 bits per heavy atom. The number of carbonyl (C=O) groups is 1. The van der Waals surface area contributed by atoms with Gasteiger partial charge in [0, 0.05) is 24.7 Å². The Bertz CT molecular complexity index is 400. The smallest absolute Gasteiger partial charge is 0.227 e. The summed E-state index contributed by atoms with van der Waals surface area (Å²) in [5.74, 6) is 0.386. The third-order valence-corrected chi connectivity index (χ3v) is 6.22. The van der Waals surface area contributed by atoms with Gasteiger partial charge >= 0.3 is 0 Å². The third kappa shape index (κ3) is 5.00. The molecule has 3 aliphatic rings. The van der Waals surface area contributed by atoms with E-state index in [1.54, 1.807) is 0 Å². The Balaban J connectivity index is 0.00000144. The molecule has 3 unspecified atom stereocenters. The van der Waals surface area contributed by atoms with Crippen molar-refractivity contribution in [2.75, 3.05) is 26.2 Å². The van der Waals surface area contributed by atoms with Gasteiger partial charge in [-0.15, -0.1) is 24.8 Å². The highest BCUT2D eigenvalue weighted by molar-refractivity contribution is 5.85. The second kappa shape index (κ2) is 9.61. The number of rotatable bonds is 2. The van der Waals surface area contributed by atoms with E-state index in [1.807, 2.05) is 0 Å². The molecule has 0 radical (unpaired) electrons. The quantitative estimate of drug-likeness (QED) is 0.800. The summed E-state index contributed by atoms with van der Waals surface area (Å²) in [4.78, 5) is 17.8. The molecule has 2 saturated heterocycles. The monoisotopic (exact) mass is 379 g/mol. The predicted molar refractivity (Wildman–Crippen MR) is 104 cm³/mol. The second-order valence-corrected chi connectivity index (χ2v) is 7.96. The van der Waals surface area contributed by atoms with Crippen LogP contribution in [0, 0.1) is 5.92 Å². The number of nitrogens with zero attached hydrogens (tertiary/aromatic N) is 2. The summed E-state index contributed by atoms with van der Waals surface area (Å²) in [6.07, 6.45) is 10.6. The van der Waals surface area contributed by atoms with Crippen LogP contribution in [0.5, 0.6) is 0 Å². The fourth-order valence-corrected chi connectivity index (χ4v) is 4.76. The van der Waals surface area contributed by atoms with E-state index in [4.69, 9.17) is 5.73 Å². The molecular formula is C18H35Cl2N3O. The molecule has 3 atom stereocenters. The molecule has 0 spiro atoms. The van der Waals surface area contributed by atoms with Crippen LogP contribution in [-0.4, -0.2) is 53.5 Å². The van der Waals surface area contributed by atoms with Crippen LogP contribution in [0.2, 0.25) is 0 Å². The van der Waals surface area contributed by atoms with Crippen LogP contribution >= 0.6 is 24.8 Å². The van der Waals surface area contributed by atoms with Crippen molar-refractivity contribution in [2.24, 2.45) is 11.7 Å². The van der Waals surface area contributed by atoms with Gasteiger partial charge in [-0.25, -0.2) is 0 Å². The van der Waals surface area contributed by atoms with Gasteiger partial charge in [0.1, 0.15) is 0 Å². The number of hydrogen-bond acceptors (Lipinski definition) is 3. The molecule has 3 rings (SSSR count). The van der Waals surface area contributed by atoms with Gasteiger partial charge in [0.15, 0.2) is 0 Å². The van der Waals surface area contributed by atoms with Crippen molar-refractivity contribution in [1.29, 1.82) is 0 Å². The molecule has 2 heterocycles. The van der Waals surface area contributed by atoms with Gasteiger partial charge in [-0.2, -0.15) is 0 Å². The van der Waals surface area contributed by atoms with Crippen molar-refractivity contribution in [3.05, 3.63) is 0 Å². The van der Waals surface area contributed by atoms with E-state index in [9.17, 15) is 4.79 Å². The first-order valence-electron chi connectivity index (χ1n) is 9.40. The lowest BCUT2D eigenvalue weighted by molar-refractivity contribution is -0.138. The fourth-order valence-electron chi connectivity index (χ4n) is 4.76. The maximum Gasteiger partial charge on any atom is 0.227 e. The highest BCUT2D eigenvalue weighted by Crippen LogP contribution is 2.33. The van der Waals surface area contributed by atoms with Gasteiger partial charge in [-0.3, -0.25) is 4.79 Å². The van der Waals surface area contributed by atoms with Gasteiger partial charge < -0.3 is 15.5 Å². The number of hydrogen-bond donors (Lipinski definition) is 1. The highest BCUT2D eigenvalue weighted by atomic mass is 35.5. The molecule has 142 valence electrons. The molecule has 0 aromatic carbocycles. The van der Waals surface area contributed by atoms with Gasteiger partial charge in [-0.05, 0) is 65.0 Å². The fraction of sp³-hybridized carbons (Fsp3) is 0.944. The normalized spacial score (nSPS) is 34.8. The topological polar surface area (TPSA) is 49.6 Å². The molecule has 3 fully saturated rings. The van der Waals surface area contributed by atoms with Crippen molar-refractivity contribution in [2.45, 2.75) is 76.3 Å². The standard InChI is InChI=1S/C18H33N3O.2ClH/c1-18(19)10-3-2-8-16(18)17(22)21-13-6-7-15(9-14-21)20-11-4-5-12-20;;/h15-16H,2-14,19H2,1H3;2*1H. The van der Waals surface area contributed by atoms with Crippen molar-refractivity contribution >= 4 is 30.7 Å². The minimum atomic E-state index is -0.296. The summed E-state index contributed by atoms with van der Waals surface area (Å²) in [6, 6.07) is 0.705. The van der Waals surface area contributed by atoms with E-state index in [2.05, 4.69) is 16.7 Å². The lowest BCUT2D eigenvalue weighted by Gasteiger charge is -2.40. The Morgan fingerprint density at radius 1 is 0.917 bits per heavy atom. The van der Waals surface area contributed by atoms with Crippen molar-refractivity contribution < 1.29 is 4.79 Å². The molecule has 1 amide bonds. The number of halogens is 2. The first kappa shape index (κ1) is 22.0. The van der Waals surface area contributed by atoms with Gasteiger partial charge in [0.2, 0.25) is 5.91 Å². The zero-order chi connectivity index (χ0) is 15.6. The average molecular weight is 380 g/mol. The molecule has 4 nitrogen and oxygen atoms in total. The van der Waals surface area contributed by atoms with Gasteiger partial charge in [0.25, 0.3) is 0 Å². The largest absolute Gasteiger partial charge is 0.342 e. The van der Waals surface area contributed by atoms with Crippen LogP contribution < -0.4 is 5.73 Å². The highest BCUT2D eigenvalue weighted by Gasteiger charge is 2.40. The van der Waals surface area contributed by atoms with Crippen LogP contribution in [0.4, 0.5) is 0 Å². The van der Waals surface area contributed by atoms with Crippen LogP contribution in [-0.2, 0) is 4.79 Å².